The topological polar surface area (TPSA) is 78.5 Å². The van der Waals surface area contributed by atoms with E-state index < -0.39 is 0 Å². The minimum atomic E-state index is -0.0316. The number of carbonyl (C=O) groups is 1. The van der Waals surface area contributed by atoms with E-state index in [1.807, 2.05) is 36.9 Å². The summed E-state index contributed by atoms with van der Waals surface area (Å²) in [5.41, 5.74) is 1.66. The van der Waals surface area contributed by atoms with Crippen LogP contribution in [0.1, 0.15) is 49.5 Å². The summed E-state index contributed by atoms with van der Waals surface area (Å²) in [4.78, 5) is 15.6. The Balaban J connectivity index is 1.65. The Labute approximate surface area is 227 Å². The van der Waals surface area contributed by atoms with Crippen LogP contribution >= 0.6 is 0 Å². The molecule has 0 unspecified atom stereocenters. The van der Waals surface area contributed by atoms with E-state index in [1.165, 1.54) is 0 Å². The third-order valence-corrected chi connectivity index (χ3v) is 6.59. The van der Waals surface area contributed by atoms with Crippen LogP contribution in [0.2, 0.25) is 0 Å². The van der Waals surface area contributed by atoms with Crippen molar-refractivity contribution in [3.63, 3.8) is 0 Å². The number of nitrogens with one attached hydrogen (secondary N) is 1. The molecule has 1 saturated heterocycles. The third kappa shape index (κ3) is 8.61. The maximum absolute atomic E-state index is 13.6. The summed E-state index contributed by atoms with van der Waals surface area (Å²) < 4.78 is 28.5. The van der Waals surface area contributed by atoms with Gasteiger partial charge in [0.05, 0.1) is 33.0 Å². The molecule has 2 aromatic carbocycles. The van der Waals surface area contributed by atoms with Crippen molar-refractivity contribution < 1.29 is 28.5 Å². The van der Waals surface area contributed by atoms with Crippen LogP contribution in [0.4, 0.5) is 0 Å². The molecule has 1 N–H and O–H groups in total. The molecule has 38 heavy (non-hydrogen) atoms. The first-order valence-electron chi connectivity index (χ1n) is 13.6. The number of rotatable bonds is 16. The lowest BCUT2D eigenvalue weighted by Gasteiger charge is -2.31. The van der Waals surface area contributed by atoms with E-state index in [0.29, 0.717) is 50.0 Å². The van der Waals surface area contributed by atoms with Crippen LogP contribution in [0, 0.1) is 5.92 Å². The summed E-state index contributed by atoms with van der Waals surface area (Å²) in [6, 6.07) is 13.5. The quantitative estimate of drug-likeness (QED) is 0.320. The van der Waals surface area contributed by atoms with E-state index in [0.717, 1.165) is 37.2 Å². The van der Waals surface area contributed by atoms with Crippen molar-refractivity contribution in [3.8, 4) is 17.2 Å². The largest absolute Gasteiger partial charge is 0.494 e. The molecule has 0 saturated carbocycles. The zero-order valence-corrected chi connectivity index (χ0v) is 23.5. The molecule has 3 rings (SSSR count). The first kappa shape index (κ1) is 29.7. The van der Waals surface area contributed by atoms with E-state index in [4.69, 9.17) is 23.7 Å². The van der Waals surface area contributed by atoms with Gasteiger partial charge in [0.25, 0.3) is 5.91 Å². The van der Waals surface area contributed by atoms with Crippen LogP contribution in [0.25, 0.3) is 0 Å². The molecule has 2 aromatic rings. The Morgan fingerprint density at radius 3 is 2.61 bits per heavy atom. The van der Waals surface area contributed by atoms with Gasteiger partial charge in [0.2, 0.25) is 0 Å². The van der Waals surface area contributed by atoms with Gasteiger partial charge in [-0.3, -0.25) is 4.79 Å². The summed E-state index contributed by atoms with van der Waals surface area (Å²) in [5.74, 6) is 2.19. The molecule has 1 aliphatic rings. The summed E-state index contributed by atoms with van der Waals surface area (Å²) in [7, 11) is 3.26. The molecule has 8 heteroatoms. The van der Waals surface area contributed by atoms with Crippen molar-refractivity contribution in [2.45, 2.75) is 52.4 Å². The fraction of sp³-hybridized carbons (Fsp3) is 0.567. The second-order valence-electron chi connectivity index (χ2n) is 9.88. The fourth-order valence-electron chi connectivity index (χ4n) is 4.49. The van der Waals surface area contributed by atoms with Crippen LogP contribution in [0.15, 0.2) is 42.5 Å². The number of benzene rings is 2. The highest BCUT2D eigenvalue weighted by Gasteiger charge is 2.32. The Bertz CT molecular complexity index is 998. The lowest BCUT2D eigenvalue weighted by molar-refractivity contribution is 0.0128. The van der Waals surface area contributed by atoms with Gasteiger partial charge in [-0.25, -0.2) is 0 Å². The molecule has 1 aliphatic heterocycles. The molecule has 8 nitrogen and oxygen atoms in total. The number of ether oxygens (including phenoxy) is 5. The highest BCUT2D eigenvalue weighted by atomic mass is 16.5. The molecule has 210 valence electrons. The molecular formula is C30H44N2O6. The summed E-state index contributed by atoms with van der Waals surface area (Å²) in [6.45, 7) is 10.6. The maximum atomic E-state index is 13.6. The average molecular weight is 529 g/mol. The first-order valence-corrected chi connectivity index (χ1v) is 13.6. The van der Waals surface area contributed by atoms with E-state index in [9.17, 15) is 4.79 Å². The molecule has 0 aliphatic carbocycles. The summed E-state index contributed by atoms with van der Waals surface area (Å²) in [5, 5.41) is 3.44. The standard InChI is InChI=1S/C30H44N2O6/c1-6-13-36-26-10-7-9-23(16-26)21-38-29-19-31-18-25(29)20-32(22(2)3)30(33)24-11-12-27(35-5)28(17-24)37-15-8-14-34-4/h7,9-12,16-17,22,25,29,31H,6,8,13-15,18-21H2,1-5H3/t25-,29-/m0/s1. The van der Waals surface area contributed by atoms with E-state index >= 15 is 0 Å². The Kier molecular flexibility index (Phi) is 12.2. The highest BCUT2D eigenvalue weighted by molar-refractivity contribution is 5.95. The monoisotopic (exact) mass is 528 g/mol. The number of hydrogen-bond donors (Lipinski definition) is 1. The lowest BCUT2D eigenvalue weighted by atomic mass is 10.0. The zero-order valence-electron chi connectivity index (χ0n) is 23.5. The molecule has 0 bridgehead atoms. The van der Waals surface area contributed by atoms with Crippen molar-refractivity contribution in [1.82, 2.24) is 10.2 Å². The second-order valence-corrected chi connectivity index (χ2v) is 9.88. The molecule has 0 radical (unpaired) electrons. The van der Waals surface area contributed by atoms with Crippen LogP contribution in [0.3, 0.4) is 0 Å². The Hall–Kier alpha value is -2.81. The van der Waals surface area contributed by atoms with Gasteiger partial charge >= 0.3 is 0 Å². The van der Waals surface area contributed by atoms with Crippen LogP contribution in [0.5, 0.6) is 17.2 Å². The predicted molar refractivity (Wildman–Crippen MR) is 148 cm³/mol. The van der Waals surface area contributed by atoms with Crippen molar-refractivity contribution in [1.29, 1.82) is 0 Å². The van der Waals surface area contributed by atoms with Crippen molar-refractivity contribution in [3.05, 3.63) is 53.6 Å². The lowest BCUT2D eigenvalue weighted by Crippen LogP contribution is -2.43. The number of carbonyl (C=O) groups excluding carboxylic acids is 1. The molecule has 0 spiro atoms. The molecule has 2 atom stereocenters. The van der Waals surface area contributed by atoms with Crippen molar-refractivity contribution in [2.75, 3.05) is 53.7 Å². The highest BCUT2D eigenvalue weighted by Crippen LogP contribution is 2.29. The van der Waals surface area contributed by atoms with Gasteiger partial charge in [0.1, 0.15) is 5.75 Å². The van der Waals surface area contributed by atoms with Gasteiger partial charge in [0.15, 0.2) is 11.5 Å². The molecule has 1 fully saturated rings. The van der Waals surface area contributed by atoms with Crippen molar-refractivity contribution in [2.24, 2.45) is 5.92 Å². The van der Waals surface area contributed by atoms with Crippen molar-refractivity contribution >= 4 is 5.91 Å². The summed E-state index contributed by atoms with van der Waals surface area (Å²) in [6.07, 6.45) is 1.74. The number of methoxy groups -OCH3 is 2. The van der Waals surface area contributed by atoms with Crippen LogP contribution in [-0.4, -0.2) is 76.6 Å². The SMILES string of the molecule is CCCOc1cccc(CO[C@H]2CNC[C@H]2CN(C(=O)c2ccc(OC)c(OCCCOC)c2)C(C)C)c1. The maximum Gasteiger partial charge on any atom is 0.254 e. The van der Waals surface area contributed by atoms with E-state index in [1.54, 1.807) is 32.4 Å². The Morgan fingerprint density at radius 2 is 1.87 bits per heavy atom. The minimum Gasteiger partial charge on any atom is -0.494 e. The number of nitrogens with zero attached hydrogens (tertiary/aromatic N) is 1. The van der Waals surface area contributed by atoms with Gasteiger partial charge < -0.3 is 33.9 Å². The van der Waals surface area contributed by atoms with Crippen LogP contribution < -0.4 is 19.5 Å². The smallest absolute Gasteiger partial charge is 0.254 e. The molecular weight excluding hydrogens is 484 g/mol. The third-order valence-electron chi connectivity index (χ3n) is 6.59. The Morgan fingerprint density at radius 1 is 1.03 bits per heavy atom. The zero-order chi connectivity index (χ0) is 27.3. The van der Waals surface area contributed by atoms with Crippen LogP contribution in [-0.2, 0) is 16.1 Å². The second kappa shape index (κ2) is 15.6. The minimum absolute atomic E-state index is 0.0137. The molecule has 0 aromatic heterocycles. The van der Waals surface area contributed by atoms with Gasteiger partial charge in [-0.15, -0.1) is 0 Å². The van der Waals surface area contributed by atoms with Gasteiger partial charge in [0, 0.05) is 57.3 Å². The average Bonchev–Trinajstić information content (AvgIpc) is 3.38. The van der Waals surface area contributed by atoms with Gasteiger partial charge in [-0.05, 0) is 56.2 Å². The van der Waals surface area contributed by atoms with E-state index in [-0.39, 0.29) is 24.0 Å². The van der Waals surface area contributed by atoms with E-state index in [2.05, 4.69) is 18.3 Å². The number of amides is 1. The molecule has 1 amide bonds. The van der Waals surface area contributed by atoms with Gasteiger partial charge in [-0.1, -0.05) is 19.1 Å². The predicted octanol–water partition coefficient (Wildman–Crippen LogP) is 4.55. The first-order chi connectivity index (χ1) is 18.5. The summed E-state index contributed by atoms with van der Waals surface area (Å²) >= 11 is 0. The molecule has 1 heterocycles. The normalized spacial score (nSPS) is 17.0. The number of hydrogen-bond acceptors (Lipinski definition) is 7. The van der Waals surface area contributed by atoms with Gasteiger partial charge in [-0.2, -0.15) is 0 Å². The fourth-order valence-corrected chi connectivity index (χ4v) is 4.49.